The maximum atomic E-state index is 13.2. The van der Waals surface area contributed by atoms with E-state index in [2.05, 4.69) is 29.0 Å². The van der Waals surface area contributed by atoms with Gasteiger partial charge in [-0.15, -0.1) is 0 Å². The van der Waals surface area contributed by atoms with Crippen LogP contribution in [-0.4, -0.2) is 63.7 Å². The highest BCUT2D eigenvalue weighted by atomic mass is 35.5. The third-order valence-electron chi connectivity index (χ3n) is 8.08. The van der Waals surface area contributed by atoms with Crippen LogP contribution in [0.3, 0.4) is 0 Å². The molecule has 6 rings (SSSR count). The number of hydrogen-bond acceptors (Lipinski definition) is 5. The van der Waals surface area contributed by atoms with Crippen molar-refractivity contribution >= 4 is 39.9 Å². The minimum Gasteiger partial charge on any atom is -0.382 e. The van der Waals surface area contributed by atoms with Crippen molar-refractivity contribution in [3.8, 4) is 0 Å². The van der Waals surface area contributed by atoms with Crippen LogP contribution in [0.2, 0.25) is 5.02 Å². The number of halogens is 1. The van der Waals surface area contributed by atoms with Gasteiger partial charge in [0.15, 0.2) is 5.78 Å². The Morgan fingerprint density at radius 1 is 1.13 bits per heavy atom. The third kappa shape index (κ3) is 5.25. The lowest BCUT2D eigenvalue weighted by Gasteiger charge is -2.21. The Hall–Kier alpha value is -3.42. The first kappa shape index (κ1) is 25.8. The van der Waals surface area contributed by atoms with Gasteiger partial charge in [-0.1, -0.05) is 23.7 Å². The van der Waals surface area contributed by atoms with E-state index in [0.29, 0.717) is 29.9 Å². The van der Waals surface area contributed by atoms with Crippen LogP contribution in [0.15, 0.2) is 48.2 Å². The van der Waals surface area contributed by atoms with Gasteiger partial charge in [-0.25, -0.2) is 4.98 Å². The summed E-state index contributed by atoms with van der Waals surface area (Å²) in [6.45, 7) is 8.72. The van der Waals surface area contributed by atoms with Gasteiger partial charge in [-0.2, -0.15) is 0 Å². The number of rotatable bonds is 8. The maximum absolute atomic E-state index is 13.2. The lowest BCUT2D eigenvalue weighted by atomic mass is 9.98. The summed E-state index contributed by atoms with van der Waals surface area (Å²) in [7, 11) is 0. The highest BCUT2D eigenvalue weighted by molar-refractivity contribution is 6.30. The number of H-pyrrole nitrogens is 1. The van der Waals surface area contributed by atoms with Gasteiger partial charge in [0, 0.05) is 48.4 Å². The standard InChI is InChI=1S/C31H34ClN5O2/c1-19-8-9-23(32)15-21(19)14-20(2)33-25-6-5-7-28(38)29(25)30-34-26-16-22-18-37(13-12-36-10-3-4-11-36)31(39)24(22)17-27(26)35-30/h5-6,8-9,15-17,20,33H,3-4,7,10-14,18H2,1-2H3,(H,34,35)/t20-/m0/s1. The number of nitrogens with one attached hydrogen (secondary N) is 2. The van der Waals surface area contributed by atoms with E-state index in [1.165, 1.54) is 24.0 Å². The zero-order valence-corrected chi connectivity index (χ0v) is 23.3. The summed E-state index contributed by atoms with van der Waals surface area (Å²) in [5, 5.41) is 4.26. The predicted molar refractivity (Wildman–Crippen MR) is 155 cm³/mol. The molecular formula is C31H34ClN5O2. The maximum Gasteiger partial charge on any atom is 0.254 e. The molecule has 0 bridgehead atoms. The molecule has 39 heavy (non-hydrogen) atoms. The molecule has 2 aliphatic heterocycles. The molecule has 8 heteroatoms. The second-order valence-corrected chi connectivity index (χ2v) is 11.5. The van der Waals surface area contributed by atoms with E-state index in [4.69, 9.17) is 16.6 Å². The predicted octanol–water partition coefficient (Wildman–Crippen LogP) is 5.04. The molecule has 202 valence electrons. The topological polar surface area (TPSA) is 81.3 Å². The van der Waals surface area contributed by atoms with E-state index in [1.807, 2.05) is 47.4 Å². The number of aryl methyl sites for hydroxylation is 1. The SMILES string of the molecule is Cc1ccc(Cl)cc1C[C@H](C)NC1=C(c2nc3cc4c(cc3[nH]2)CN(CCN2CCCC2)C4=O)C(=O)CC=C1. The van der Waals surface area contributed by atoms with E-state index < -0.39 is 0 Å². The fraction of sp³-hybridized carbons (Fsp3) is 0.387. The van der Waals surface area contributed by atoms with Crippen LogP contribution in [0.1, 0.15) is 59.1 Å². The third-order valence-corrected chi connectivity index (χ3v) is 8.32. The second kappa shape index (κ2) is 10.6. The van der Waals surface area contributed by atoms with Gasteiger partial charge in [-0.05, 0) is 93.2 Å². The number of Topliss-reactive ketones (excluding diaryl/α,β-unsaturated/α-hetero) is 1. The average molecular weight is 544 g/mol. The summed E-state index contributed by atoms with van der Waals surface area (Å²) in [6.07, 6.45) is 7.46. The average Bonchev–Trinajstić information content (AvgIpc) is 3.63. The minimum atomic E-state index is 0.0156. The highest BCUT2D eigenvalue weighted by Gasteiger charge is 2.30. The molecule has 2 N–H and O–H groups in total. The second-order valence-electron chi connectivity index (χ2n) is 11.0. The number of ketones is 1. The van der Waals surface area contributed by atoms with Crippen molar-refractivity contribution in [3.63, 3.8) is 0 Å². The van der Waals surface area contributed by atoms with Crippen LogP contribution in [0.4, 0.5) is 0 Å². The van der Waals surface area contributed by atoms with Gasteiger partial charge in [0.05, 0.1) is 16.6 Å². The lowest BCUT2D eigenvalue weighted by Crippen LogP contribution is -2.33. The van der Waals surface area contributed by atoms with Crippen molar-refractivity contribution < 1.29 is 9.59 Å². The lowest BCUT2D eigenvalue weighted by molar-refractivity contribution is -0.113. The summed E-state index contributed by atoms with van der Waals surface area (Å²) < 4.78 is 0. The Morgan fingerprint density at radius 2 is 1.95 bits per heavy atom. The summed E-state index contributed by atoms with van der Waals surface area (Å²) in [6, 6.07) is 9.90. The molecule has 1 aliphatic carbocycles. The molecular weight excluding hydrogens is 510 g/mol. The molecule has 2 aromatic carbocycles. The summed E-state index contributed by atoms with van der Waals surface area (Å²) in [5.41, 5.74) is 6.95. The fourth-order valence-corrected chi connectivity index (χ4v) is 6.15. The van der Waals surface area contributed by atoms with Crippen molar-refractivity contribution in [2.45, 2.75) is 52.1 Å². The molecule has 1 fully saturated rings. The summed E-state index contributed by atoms with van der Waals surface area (Å²) in [4.78, 5) is 38.8. The first-order valence-electron chi connectivity index (χ1n) is 13.9. The van der Waals surface area contributed by atoms with Crippen LogP contribution in [0, 0.1) is 6.92 Å². The number of allylic oxidation sites excluding steroid dienone is 3. The van der Waals surface area contributed by atoms with Gasteiger partial charge in [-0.3, -0.25) is 9.59 Å². The quantitative estimate of drug-likeness (QED) is 0.416. The van der Waals surface area contributed by atoms with E-state index in [9.17, 15) is 9.59 Å². The largest absolute Gasteiger partial charge is 0.382 e. The van der Waals surface area contributed by atoms with E-state index in [1.54, 1.807) is 0 Å². The van der Waals surface area contributed by atoms with E-state index in [0.717, 1.165) is 60.0 Å². The number of aromatic amines is 1. The monoisotopic (exact) mass is 543 g/mol. The van der Waals surface area contributed by atoms with Crippen LogP contribution in [0.5, 0.6) is 0 Å². The Labute approximate surface area is 233 Å². The Balaban J connectivity index is 1.23. The van der Waals surface area contributed by atoms with Gasteiger partial charge in [0.1, 0.15) is 5.82 Å². The Bertz CT molecular complexity index is 1510. The van der Waals surface area contributed by atoms with Crippen LogP contribution < -0.4 is 5.32 Å². The van der Waals surface area contributed by atoms with Crippen molar-refractivity contribution in [1.29, 1.82) is 0 Å². The smallest absolute Gasteiger partial charge is 0.254 e. The summed E-state index contributed by atoms with van der Waals surface area (Å²) >= 11 is 6.23. The zero-order valence-electron chi connectivity index (χ0n) is 22.5. The van der Waals surface area contributed by atoms with Gasteiger partial charge >= 0.3 is 0 Å². The first-order valence-corrected chi connectivity index (χ1v) is 14.2. The fourth-order valence-electron chi connectivity index (χ4n) is 5.95. The number of carbonyl (C=O) groups excluding carboxylic acids is 2. The van der Waals surface area contributed by atoms with E-state index >= 15 is 0 Å². The van der Waals surface area contributed by atoms with Crippen LogP contribution >= 0.6 is 11.6 Å². The molecule has 7 nitrogen and oxygen atoms in total. The molecule has 1 atom stereocenters. The molecule has 3 aliphatic rings. The molecule has 0 radical (unpaired) electrons. The normalized spacial score (nSPS) is 18.5. The number of carbonyl (C=O) groups is 2. The molecule has 3 aromatic rings. The van der Waals surface area contributed by atoms with E-state index in [-0.39, 0.29) is 17.7 Å². The number of hydrogen-bond donors (Lipinski definition) is 2. The molecule has 3 heterocycles. The van der Waals surface area contributed by atoms with Crippen LogP contribution in [-0.2, 0) is 17.8 Å². The van der Waals surface area contributed by atoms with Crippen molar-refractivity contribution in [2.75, 3.05) is 26.2 Å². The highest BCUT2D eigenvalue weighted by Crippen LogP contribution is 2.30. The van der Waals surface area contributed by atoms with Crippen molar-refractivity contribution in [2.24, 2.45) is 0 Å². The number of nitrogens with zero attached hydrogens (tertiary/aromatic N) is 3. The molecule has 1 saturated heterocycles. The number of imidazole rings is 1. The Kier molecular flexibility index (Phi) is 7.04. The first-order chi connectivity index (χ1) is 18.9. The van der Waals surface area contributed by atoms with Gasteiger partial charge in [0.2, 0.25) is 0 Å². The number of benzene rings is 2. The minimum absolute atomic E-state index is 0.0156. The van der Waals surface area contributed by atoms with Crippen molar-refractivity contribution in [1.82, 2.24) is 25.1 Å². The number of amides is 1. The summed E-state index contributed by atoms with van der Waals surface area (Å²) in [5.74, 6) is 0.621. The Morgan fingerprint density at radius 3 is 2.77 bits per heavy atom. The molecule has 1 amide bonds. The van der Waals surface area contributed by atoms with Gasteiger partial charge in [0.25, 0.3) is 5.91 Å². The molecule has 0 spiro atoms. The van der Waals surface area contributed by atoms with Crippen LogP contribution in [0.25, 0.3) is 16.6 Å². The number of likely N-dealkylation sites (tertiary alicyclic amines) is 1. The van der Waals surface area contributed by atoms with Gasteiger partial charge < -0.3 is 20.1 Å². The van der Waals surface area contributed by atoms with Crippen molar-refractivity contribution in [3.05, 3.63) is 81.3 Å². The molecule has 0 saturated carbocycles. The number of fused-ring (bicyclic) bond motifs is 2. The number of aromatic nitrogens is 2. The molecule has 1 aromatic heterocycles. The zero-order chi connectivity index (χ0) is 27.1. The molecule has 0 unspecified atom stereocenters.